The maximum Gasteiger partial charge on any atom is 0.213 e. The minimum atomic E-state index is -0.257. The van der Waals surface area contributed by atoms with Crippen molar-refractivity contribution >= 4 is 12.2 Å². The fourth-order valence-corrected chi connectivity index (χ4v) is 0.831. The third kappa shape index (κ3) is 1.90. The highest BCUT2D eigenvalue weighted by molar-refractivity contribution is 7.71. The van der Waals surface area contributed by atoms with E-state index in [0.29, 0.717) is 17.0 Å². The molecule has 0 saturated carbocycles. The lowest BCUT2D eigenvalue weighted by Gasteiger charge is -2.00. The minimum absolute atomic E-state index is 0.257. The molecule has 5 heteroatoms. The monoisotopic (exact) mass is 168 g/mol. The average Bonchev–Trinajstić information content (AvgIpc) is 2.36. The summed E-state index contributed by atoms with van der Waals surface area (Å²) < 4.78 is 0.396. The first-order valence-corrected chi connectivity index (χ1v) is 3.48. The highest BCUT2D eigenvalue weighted by Gasteiger charge is 2.06. The maximum absolute atomic E-state index is 5.62. The third-order valence-corrected chi connectivity index (χ3v) is 1.40. The van der Waals surface area contributed by atoms with Gasteiger partial charge in [0.15, 0.2) is 0 Å². The number of aromatic nitrogens is 3. The molecule has 0 spiro atoms. The lowest BCUT2D eigenvalue weighted by atomic mass is 10.2. The number of terminal acetylenes is 1. The van der Waals surface area contributed by atoms with Crippen LogP contribution in [0, 0.1) is 17.1 Å². The Morgan fingerprint density at radius 1 is 1.73 bits per heavy atom. The second-order valence-electron chi connectivity index (χ2n) is 2.07. The van der Waals surface area contributed by atoms with Crippen LogP contribution in [0.5, 0.6) is 0 Å². The number of H-pyrrole nitrogens is 2. The van der Waals surface area contributed by atoms with Gasteiger partial charge in [-0.15, -0.1) is 12.3 Å². The molecule has 1 rings (SSSR count). The number of hydrogen-bond donors (Lipinski definition) is 3. The molecule has 0 aliphatic carbocycles. The molecule has 4 nitrogen and oxygen atoms in total. The molecular formula is C6H8N4S. The molecule has 0 saturated heterocycles. The SMILES string of the molecule is C#CC[C@@H](N)c1nc(=S)[nH][nH]1. The Balaban J connectivity index is 2.78. The number of hydrogen-bond acceptors (Lipinski definition) is 3. The molecule has 0 amide bonds. The van der Waals surface area contributed by atoms with E-state index >= 15 is 0 Å². The van der Waals surface area contributed by atoms with Gasteiger partial charge >= 0.3 is 0 Å². The van der Waals surface area contributed by atoms with Crippen molar-refractivity contribution in [2.24, 2.45) is 5.73 Å². The minimum Gasteiger partial charge on any atom is -0.321 e. The van der Waals surface area contributed by atoms with Crippen LogP contribution in [0.15, 0.2) is 0 Å². The molecule has 0 aromatic carbocycles. The van der Waals surface area contributed by atoms with Crippen LogP contribution in [0.3, 0.4) is 0 Å². The predicted molar refractivity (Wildman–Crippen MR) is 44.2 cm³/mol. The van der Waals surface area contributed by atoms with Crippen LogP contribution < -0.4 is 5.73 Å². The summed E-state index contributed by atoms with van der Waals surface area (Å²) in [6, 6.07) is -0.257. The molecule has 1 heterocycles. The normalized spacial score (nSPS) is 12.4. The van der Waals surface area contributed by atoms with Crippen LogP contribution in [0.4, 0.5) is 0 Å². The average molecular weight is 168 g/mol. The van der Waals surface area contributed by atoms with Gasteiger partial charge in [0.05, 0.1) is 6.04 Å². The lowest BCUT2D eigenvalue weighted by Crippen LogP contribution is -2.10. The van der Waals surface area contributed by atoms with E-state index in [-0.39, 0.29) is 6.04 Å². The first kappa shape index (κ1) is 7.98. The molecule has 0 unspecified atom stereocenters. The van der Waals surface area contributed by atoms with E-state index in [1.165, 1.54) is 0 Å². The van der Waals surface area contributed by atoms with E-state index in [9.17, 15) is 0 Å². The molecule has 0 radical (unpaired) electrons. The maximum atomic E-state index is 5.62. The molecule has 1 aromatic heterocycles. The van der Waals surface area contributed by atoms with Gasteiger partial charge in [0, 0.05) is 6.42 Å². The van der Waals surface area contributed by atoms with Crippen LogP contribution in [0.2, 0.25) is 0 Å². The zero-order valence-electron chi connectivity index (χ0n) is 5.79. The lowest BCUT2D eigenvalue weighted by molar-refractivity contribution is 0.696. The van der Waals surface area contributed by atoms with Gasteiger partial charge in [-0.2, -0.15) is 0 Å². The van der Waals surface area contributed by atoms with Crippen LogP contribution in [0.25, 0.3) is 0 Å². The number of aromatic amines is 2. The molecule has 58 valence electrons. The zero-order chi connectivity index (χ0) is 8.27. The Morgan fingerprint density at radius 3 is 2.91 bits per heavy atom. The fourth-order valence-electron chi connectivity index (χ4n) is 0.682. The van der Waals surface area contributed by atoms with Gasteiger partial charge in [-0.3, -0.25) is 10.2 Å². The molecule has 0 bridgehead atoms. The highest BCUT2D eigenvalue weighted by atomic mass is 32.1. The first-order valence-electron chi connectivity index (χ1n) is 3.07. The summed E-state index contributed by atoms with van der Waals surface area (Å²) in [4.78, 5) is 3.91. The molecule has 1 atom stereocenters. The Hall–Kier alpha value is -1.12. The van der Waals surface area contributed by atoms with Crippen LogP contribution in [-0.4, -0.2) is 15.2 Å². The summed E-state index contributed by atoms with van der Waals surface area (Å²) >= 11 is 4.73. The largest absolute Gasteiger partial charge is 0.321 e. The summed E-state index contributed by atoms with van der Waals surface area (Å²) in [5.41, 5.74) is 5.62. The Labute approximate surface area is 69.2 Å². The molecular weight excluding hydrogens is 160 g/mol. The van der Waals surface area contributed by atoms with E-state index in [2.05, 4.69) is 21.1 Å². The number of nitrogens with two attached hydrogens (primary N) is 1. The highest BCUT2D eigenvalue weighted by Crippen LogP contribution is 2.05. The summed E-state index contributed by atoms with van der Waals surface area (Å²) in [6.45, 7) is 0. The van der Waals surface area contributed by atoms with Crippen LogP contribution in [-0.2, 0) is 0 Å². The molecule has 0 aliphatic heterocycles. The molecule has 4 N–H and O–H groups in total. The predicted octanol–water partition coefficient (Wildman–Crippen LogP) is 0.490. The van der Waals surface area contributed by atoms with E-state index < -0.39 is 0 Å². The van der Waals surface area contributed by atoms with Gasteiger partial charge in [0.25, 0.3) is 0 Å². The second kappa shape index (κ2) is 3.32. The van der Waals surface area contributed by atoms with Gasteiger partial charge < -0.3 is 5.73 Å². The first-order chi connectivity index (χ1) is 5.24. The number of nitrogens with zero attached hydrogens (tertiary/aromatic N) is 1. The van der Waals surface area contributed by atoms with E-state index in [0.717, 1.165) is 0 Å². The van der Waals surface area contributed by atoms with Crippen molar-refractivity contribution in [2.45, 2.75) is 12.5 Å². The van der Waals surface area contributed by atoms with Gasteiger partial charge in [-0.1, -0.05) is 0 Å². The van der Waals surface area contributed by atoms with Crippen molar-refractivity contribution in [1.82, 2.24) is 15.2 Å². The van der Waals surface area contributed by atoms with Crippen molar-refractivity contribution < 1.29 is 0 Å². The van der Waals surface area contributed by atoms with Crippen molar-refractivity contribution in [3.63, 3.8) is 0 Å². The van der Waals surface area contributed by atoms with E-state index in [1.807, 2.05) is 0 Å². The Morgan fingerprint density at radius 2 is 2.45 bits per heavy atom. The molecule has 11 heavy (non-hydrogen) atoms. The number of nitrogens with one attached hydrogen (secondary N) is 2. The summed E-state index contributed by atoms with van der Waals surface area (Å²) in [5.74, 6) is 3.05. The fraction of sp³-hybridized carbons (Fsp3) is 0.333. The zero-order valence-corrected chi connectivity index (χ0v) is 6.61. The van der Waals surface area contributed by atoms with Crippen LogP contribution >= 0.6 is 12.2 Å². The van der Waals surface area contributed by atoms with E-state index in [4.69, 9.17) is 24.4 Å². The Kier molecular flexibility index (Phi) is 2.41. The van der Waals surface area contributed by atoms with Crippen LogP contribution in [0.1, 0.15) is 18.3 Å². The van der Waals surface area contributed by atoms with Gasteiger partial charge in [-0.25, -0.2) is 4.98 Å². The standard InChI is InChI=1S/C6H8N4S/c1-2-3-4(7)5-8-6(11)10-9-5/h1,4H,3,7H2,(H2,8,9,10,11)/t4-/m1/s1. The van der Waals surface area contributed by atoms with Crippen molar-refractivity contribution in [2.75, 3.05) is 0 Å². The van der Waals surface area contributed by atoms with Crippen molar-refractivity contribution in [1.29, 1.82) is 0 Å². The smallest absolute Gasteiger partial charge is 0.213 e. The molecule has 1 aromatic rings. The summed E-state index contributed by atoms with van der Waals surface area (Å²) in [7, 11) is 0. The van der Waals surface area contributed by atoms with Gasteiger partial charge in [0.1, 0.15) is 5.82 Å². The molecule has 0 fully saturated rings. The van der Waals surface area contributed by atoms with Gasteiger partial charge in [0.2, 0.25) is 4.77 Å². The summed E-state index contributed by atoms with van der Waals surface area (Å²) in [6.07, 6.45) is 5.52. The summed E-state index contributed by atoms with van der Waals surface area (Å²) in [5, 5.41) is 5.37. The quantitative estimate of drug-likeness (QED) is 0.444. The molecule has 0 aliphatic rings. The van der Waals surface area contributed by atoms with Crippen molar-refractivity contribution in [3.05, 3.63) is 10.6 Å². The van der Waals surface area contributed by atoms with E-state index in [1.54, 1.807) is 0 Å². The Bertz CT molecular complexity index is 318. The topological polar surface area (TPSA) is 70.5 Å². The number of rotatable bonds is 2. The third-order valence-electron chi connectivity index (χ3n) is 1.21. The van der Waals surface area contributed by atoms with Gasteiger partial charge in [-0.05, 0) is 12.2 Å². The van der Waals surface area contributed by atoms with Crippen molar-refractivity contribution in [3.8, 4) is 12.3 Å². The second-order valence-corrected chi connectivity index (χ2v) is 2.45.